The Bertz CT molecular complexity index is 721. The maximum atomic E-state index is 12.6. The van der Waals surface area contributed by atoms with Crippen molar-refractivity contribution in [1.82, 2.24) is 0 Å². The third-order valence-corrected chi connectivity index (χ3v) is 8.68. The Morgan fingerprint density at radius 3 is 2.71 bits per heavy atom. The van der Waals surface area contributed by atoms with Gasteiger partial charge in [-0.15, -0.1) is 0 Å². The van der Waals surface area contributed by atoms with Gasteiger partial charge in [-0.25, -0.2) is 0 Å². The second-order valence-corrected chi connectivity index (χ2v) is 9.27. The number of hydrogen-bond donors (Lipinski definition) is 0. The van der Waals surface area contributed by atoms with Crippen molar-refractivity contribution in [3.63, 3.8) is 0 Å². The molecule has 4 aliphatic carbocycles. The summed E-state index contributed by atoms with van der Waals surface area (Å²) in [5.41, 5.74) is 0.314. The van der Waals surface area contributed by atoms with E-state index in [1.807, 2.05) is 0 Å². The molecule has 128 valence electrons. The molecule has 0 N–H and O–H groups in total. The van der Waals surface area contributed by atoms with E-state index in [0.717, 1.165) is 31.3 Å². The Hall–Kier alpha value is -1.22. The molecular weight excluding hydrogens is 300 g/mol. The van der Waals surface area contributed by atoms with Crippen LogP contribution in [0.4, 0.5) is 0 Å². The molecule has 3 heteroatoms. The molecule has 4 fully saturated rings. The van der Waals surface area contributed by atoms with Crippen molar-refractivity contribution in [1.29, 1.82) is 0 Å². The van der Waals surface area contributed by atoms with Crippen molar-refractivity contribution in [3.8, 4) is 0 Å². The van der Waals surface area contributed by atoms with Gasteiger partial charge in [-0.2, -0.15) is 0 Å². The minimum atomic E-state index is -0.476. The van der Waals surface area contributed by atoms with Crippen LogP contribution in [-0.4, -0.2) is 23.3 Å². The highest BCUT2D eigenvalue weighted by Crippen LogP contribution is 2.72. The first-order chi connectivity index (χ1) is 11.3. The van der Waals surface area contributed by atoms with Crippen molar-refractivity contribution in [3.05, 3.63) is 24.3 Å². The maximum Gasteiger partial charge on any atom is 0.187 e. The van der Waals surface area contributed by atoms with Crippen LogP contribution in [0.3, 0.4) is 0 Å². The van der Waals surface area contributed by atoms with Gasteiger partial charge in [0.05, 0.1) is 0 Å². The third-order valence-electron chi connectivity index (χ3n) is 8.68. The summed E-state index contributed by atoms with van der Waals surface area (Å²) in [6.45, 7) is 11.1. The summed E-state index contributed by atoms with van der Waals surface area (Å²) in [6.07, 6.45) is 7.32. The zero-order chi connectivity index (χ0) is 17.1. The zero-order valence-corrected chi connectivity index (χ0v) is 14.8. The normalized spacial score (nSPS) is 58.0. The molecule has 3 saturated carbocycles. The van der Waals surface area contributed by atoms with Crippen LogP contribution in [-0.2, 0) is 14.3 Å². The molecule has 2 unspecified atom stereocenters. The Morgan fingerprint density at radius 2 is 1.96 bits per heavy atom. The van der Waals surface area contributed by atoms with Gasteiger partial charge in [0.1, 0.15) is 11.4 Å². The molecule has 1 spiro atoms. The first-order valence-electron chi connectivity index (χ1n) is 9.41. The fourth-order valence-corrected chi connectivity index (χ4v) is 7.21. The predicted octanol–water partition coefficient (Wildman–Crippen LogP) is 3.49. The summed E-state index contributed by atoms with van der Waals surface area (Å²) in [5.74, 6) is 2.26. The Balaban J connectivity index is 1.65. The van der Waals surface area contributed by atoms with E-state index in [1.54, 1.807) is 6.08 Å². The lowest BCUT2D eigenvalue weighted by Gasteiger charge is -2.60. The molecular formula is C21H26O3. The van der Waals surface area contributed by atoms with Crippen molar-refractivity contribution in [2.45, 2.75) is 58.2 Å². The van der Waals surface area contributed by atoms with Gasteiger partial charge in [0.25, 0.3) is 0 Å². The van der Waals surface area contributed by atoms with Crippen LogP contribution >= 0.6 is 0 Å². The highest BCUT2D eigenvalue weighted by molar-refractivity contribution is 5.99. The Kier molecular flexibility index (Phi) is 2.59. The molecule has 1 heterocycles. The van der Waals surface area contributed by atoms with Crippen LogP contribution < -0.4 is 0 Å². The first-order valence-corrected chi connectivity index (χ1v) is 9.41. The lowest BCUT2D eigenvalue weighted by atomic mass is 9.43. The minimum absolute atomic E-state index is 0.0935. The average Bonchev–Trinajstić information content (AvgIpc) is 3.26. The number of ketones is 2. The largest absolute Gasteiger partial charge is 0.352 e. The second-order valence-electron chi connectivity index (χ2n) is 9.27. The van der Waals surface area contributed by atoms with Crippen LogP contribution in [0.25, 0.3) is 0 Å². The van der Waals surface area contributed by atoms with Gasteiger partial charge >= 0.3 is 0 Å². The number of Topliss-reactive ketones (excluding diaryl/α,β-unsaturated/α-hetero) is 1. The van der Waals surface area contributed by atoms with Gasteiger partial charge in [0, 0.05) is 17.3 Å². The van der Waals surface area contributed by atoms with Crippen LogP contribution in [0.2, 0.25) is 0 Å². The van der Waals surface area contributed by atoms with Crippen molar-refractivity contribution in [2.24, 2.45) is 34.5 Å². The molecule has 24 heavy (non-hydrogen) atoms. The molecule has 5 rings (SSSR count). The number of hydrogen-bond acceptors (Lipinski definition) is 3. The van der Waals surface area contributed by atoms with Crippen molar-refractivity contribution >= 4 is 11.6 Å². The SMILES string of the molecule is C=C1[C@@H](C)[C@H]2[C@@H]3CCC(=O)[C@@]3(C)CC[C@@H]2[C@@]2(C)C=CC(=O)C3OC132. The van der Waals surface area contributed by atoms with Gasteiger partial charge in [-0.3, -0.25) is 9.59 Å². The molecule has 0 amide bonds. The number of carbonyl (C=O) groups excluding carboxylic acids is 2. The van der Waals surface area contributed by atoms with E-state index in [-0.39, 0.29) is 22.7 Å². The monoisotopic (exact) mass is 326 g/mol. The molecule has 0 aromatic rings. The third kappa shape index (κ3) is 1.34. The van der Waals surface area contributed by atoms with E-state index in [4.69, 9.17) is 4.74 Å². The smallest absolute Gasteiger partial charge is 0.187 e. The maximum absolute atomic E-state index is 12.6. The van der Waals surface area contributed by atoms with E-state index in [9.17, 15) is 9.59 Å². The molecule has 0 bridgehead atoms. The average molecular weight is 326 g/mol. The van der Waals surface area contributed by atoms with E-state index in [0.29, 0.717) is 29.5 Å². The van der Waals surface area contributed by atoms with Crippen LogP contribution in [0.1, 0.15) is 46.5 Å². The topological polar surface area (TPSA) is 46.7 Å². The number of epoxide rings is 1. The number of ether oxygens (including phenoxy) is 1. The molecule has 1 aliphatic heterocycles. The summed E-state index contributed by atoms with van der Waals surface area (Å²) in [4.78, 5) is 24.8. The Morgan fingerprint density at radius 1 is 1.21 bits per heavy atom. The van der Waals surface area contributed by atoms with Gasteiger partial charge in [0.15, 0.2) is 11.9 Å². The standard InChI is InChI=1S/C21H26O3/c1-11-12(2)21-18(24-21)15(22)8-10-20(21,4)14-7-9-19(3)13(17(11)14)5-6-16(19)23/h8,10-11,13-14,17-18H,2,5-7,9H2,1,3-4H3/t11-,13+,14+,17+,18?,19+,20-,21?/m1/s1. The fraction of sp³-hybridized carbons (Fsp3) is 0.714. The van der Waals surface area contributed by atoms with E-state index in [2.05, 4.69) is 33.4 Å². The van der Waals surface area contributed by atoms with Crippen LogP contribution in [0.15, 0.2) is 24.3 Å². The van der Waals surface area contributed by atoms with E-state index < -0.39 is 5.60 Å². The molecule has 1 saturated heterocycles. The Labute approximate surface area is 143 Å². The molecule has 5 aliphatic rings. The minimum Gasteiger partial charge on any atom is -0.352 e. The molecule has 0 radical (unpaired) electrons. The number of fused-ring (bicyclic) bond motifs is 4. The number of carbonyl (C=O) groups is 2. The highest BCUT2D eigenvalue weighted by atomic mass is 16.6. The van der Waals surface area contributed by atoms with Gasteiger partial charge in [0.2, 0.25) is 0 Å². The molecule has 8 atom stereocenters. The van der Waals surface area contributed by atoms with Crippen molar-refractivity contribution in [2.75, 3.05) is 0 Å². The van der Waals surface area contributed by atoms with E-state index >= 15 is 0 Å². The molecule has 0 aromatic carbocycles. The van der Waals surface area contributed by atoms with E-state index in [1.165, 1.54) is 0 Å². The summed E-state index contributed by atoms with van der Waals surface area (Å²) in [5, 5.41) is 0. The summed E-state index contributed by atoms with van der Waals surface area (Å²) in [7, 11) is 0. The zero-order valence-electron chi connectivity index (χ0n) is 14.8. The van der Waals surface area contributed by atoms with Crippen LogP contribution in [0, 0.1) is 34.5 Å². The first kappa shape index (κ1) is 15.1. The van der Waals surface area contributed by atoms with Crippen LogP contribution in [0.5, 0.6) is 0 Å². The highest BCUT2D eigenvalue weighted by Gasteiger charge is 2.78. The quantitative estimate of drug-likeness (QED) is 0.506. The lowest BCUT2D eigenvalue weighted by Crippen LogP contribution is -2.60. The molecule has 0 aromatic heterocycles. The summed E-state index contributed by atoms with van der Waals surface area (Å²) in [6, 6.07) is 0. The predicted molar refractivity (Wildman–Crippen MR) is 90.2 cm³/mol. The van der Waals surface area contributed by atoms with Crippen molar-refractivity contribution < 1.29 is 14.3 Å². The summed E-state index contributed by atoms with van der Waals surface area (Å²) < 4.78 is 6.10. The van der Waals surface area contributed by atoms with Gasteiger partial charge in [-0.1, -0.05) is 33.4 Å². The lowest BCUT2D eigenvalue weighted by molar-refractivity contribution is -0.135. The molecule has 3 nitrogen and oxygen atoms in total. The second kappa shape index (κ2) is 4.12. The fourth-order valence-electron chi connectivity index (χ4n) is 7.21. The van der Waals surface area contributed by atoms with Gasteiger partial charge in [-0.05, 0) is 54.6 Å². The summed E-state index contributed by atoms with van der Waals surface area (Å²) >= 11 is 0. The number of rotatable bonds is 0. The van der Waals surface area contributed by atoms with Gasteiger partial charge < -0.3 is 4.74 Å².